The first-order valence-corrected chi connectivity index (χ1v) is 5.41. The molecule has 0 aliphatic heterocycles. The Bertz CT molecular complexity index is 426. The second-order valence-electron chi connectivity index (χ2n) is 3.29. The van der Waals surface area contributed by atoms with Crippen molar-refractivity contribution in [2.24, 2.45) is 0 Å². The molecule has 8 nitrogen and oxygen atoms in total. The van der Waals surface area contributed by atoms with E-state index in [9.17, 15) is 0 Å². The molecule has 0 saturated carbocycles. The van der Waals surface area contributed by atoms with Crippen LogP contribution in [0, 0.1) is 0 Å². The average molecular weight is 238 g/mol. The molecule has 0 aliphatic carbocycles. The number of nitrogens with zero attached hydrogens (tertiary/aromatic N) is 4. The monoisotopic (exact) mass is 238 g/mol. The van der Waals surface area contributed by atoms with Crippen molar-refractivity contribution in [3.63, 3.8) is 0 Å². The van der Waals surface area contributed by atoms with Crippen LogP contribution in [0.25, 0.3) is 0 Å². The van der Waals surface area contributed by atoms with Crippen LogP contribution in [0.2, 0.25) is 0 Å². The van der Waals surface area contributed by atoms with Crippen molar-refractivity contribution in [2.75, 3.05) is 18.4 Å². The molecule has 17 heavy (non-hydrogen) atoms. The molecule has 0 amide bonds. The van der Waals surface area contributed by atoms with Gasteiger partial charge in [0.05, 0.1) is 6.54 Å². The van der Waals surface area contributed by atoms with Crippen LogP contribution in [0.5, 0.6) is 0 Å². The summed E-state index contributed by atoms with van der Waals surface area (Å²) in [6.45, 7) is 4.06. The predicted octanol–water partition coefficient (Wildman–Crippen LogP) is 0.217. The van der Waals surface area contributed by atoms with E-state index in [1.807, 2.05) is 6.92 Å². The molecule has 2 aromatic rings. The highest BCUT2D eigenvalue weighted by molar-refractivity contribution is 5.16. The van der Waals surface area contributed by atoms with E-state index < -0.39 is 0 Å². The van der Waals surface area contributed by atoms with Gasteiger partial charge in [0.1, 0.15) is 0 Å². The van der Waals surface area contributed by atoms with E-state index in [0.29, 0.717) is 37.3 Å². The van der Waals surface area contributed by atoms with Gasteiger partial charge >= 0.3 is 6.01 Å². The SMILES string of the molecule is CCNCc1nnc(NCCc2ncno2)o1. The minimum atomic E-state index is 0.400. The van der Waals surface area contributed by atoms with Gasteiger partial charge in [0.15, 0.2) is 6.33 Å². The first kappa shape index (κ1) is 11.5. The van der Waals surface area contributed by atoms with Crippen LogP contribution in [0.15, 0.2) is 15.3 Å². The summed E-state index contributed by atoms with van der Waals surface area (Å²) < 4.78 is 10.2. The largest absolute Gasteiger partial charge is 0.407 e. The summed E-state index contributed by atoms with van der Waals surface area (Å²) in [4.78, 5) is 3.90. The van der Waals surface area contributed by atoms with Crippen LogP contribution in [-0.4, -0.2) is 33.4 Å². The quantitative estimate of drug-likeness (QED) is 0.706. The fourth-order valence-electron chi connectivity index (χ4n) is 1.21. The third-order valence-corrected chi connectivity index (χ3v) is 2.02. The fourth-order valence-corrected chi connectivity index (χ4v) is 1.21. The molecule has 0 atom stereocenters. The van der Waals surface area contributed by atoms with E-state index in [0.717, 1.165) is 6.54 Å². The van der Waals surface area contributed by atoms with Crippen molar-refractivity contribution in [3.05, 3.63) is 18.1 Å². The van der Waals surface area contributed by atoms with Crippen molar-refractivity contribution in [2.45, 2.75) is 19.9 Å². The van der Waals surface area contributed by atoms with Crippen molar-refractivity contribution in [3.8, 4) is 0 Å². The molecule has 92 valence electrons. The molecule has 2 rings (SSSR count). The highest BCUT2D eigenvalue weighted by atomic mass is 16.5. The molecular weight excluding hydrogens is 224 g/mol. The Morgan fingerprint density at radius 2 is 2.24 bits per heavy atom. The fraction of sp³-hybridized carbons (Fsp3) is 0.556. The Balaban J connectivity index is 1.73. The molecule has 2 aromatic heterocycles. The van der Waals surface area contributed by atoms with Crippen LogP contribution < -0.4 is 10.6 Å². The summed E-state index contributed by atoms with van der Waals surface area (Å²) in [5, 5.41) is 17.3. The number of aromatic nitrogens is 4. The van der Waals surface area contributed by atoms with Gasteiger partial charge in [-0.2, -0.15) is 4.98 Å². The molecule has 2 N–H and O–H groups in total. The third-order valence-electron chi connectivity index (χ3n) is 2.02. The topological polar surface area (TPSA) is 102 Å². The Labute approximate surface area is 97.8 Å². The number of rotatable bonds is 7. The highest BCUT2D eigenvalue weighted by Crippen LogP contribution is 2.05. The second-order valence-corrected chi connectivity index (χ2v) is 3.29. The lowest BCUT2D eigenvalue weighted by molar-refractivity contribution is 0.379. The molecule has 0 bridgehead atoms. The van der Waals surface area contributed by atoms with Gasteiger partial charge in [-0.05, 0) is 6.54 Å². The lowest BCUT2D eigenvalue weighted by atomic mass is 10.4. The lowest BCUT2D eigenvalue weighted by Gasteiger charge is -1.97. The first-order valence-electron chi connectivity index (χ1n) is 5.41. The third kappa shape index (κ3) is 3.52. The number of anilines is 1. The molecule has 0 spiro atoms. The summed E-state index contributed by atoms with van der Waals surface area (Å²) >= 11 is 0. The van der Waals surface area contributed by atoms with Gasteiger partial charge in [-0.25, -0.2) is 0 Å². The Morgan fingerprint density at radius 1 is 1.29 bits per heavy atom. The summed E-state index contributed by atoms with van der Waals surface area (Å²) in [5.41, 5.74) is 0. The smallest absolute Gasteiger partial charge is 0.315 e. The van der Waals surface area contributed by atoms with Crippen LogP contribution in [-0.2, 0) is 13.0 Å². The Morgan fingerprint density at radius 3 is 3.00 bits per heavy atom. The van der Waals surface area contributed by atoms with E-state index in [-0.39, 0.29) is 0 Å². The number of hydrogen-bond acceptors (Lipinski definition) is 8. The number of hydrogen-bond donors (Lipinski definition) is 2. The van der Waals surface area contributed by atoms with Gasteiger partial charge in [-0.3, -0.25) is 0 Å². The predicted molar refractivity (Wildman–Crippen MR) is 58.2 cm³/mol. The Hall–Kier alpha value is -1.96. The van der Waals surface area contributed by atoms with Crippen LogP contribution in [0.3, 0.4) is 0 Å². The maximum absolute atomic E-state index is 5.34. The maximum atomic E-state index is 5.34. The van der Waals surface area contributed by atoms with Gasteiger partial charge in [0.2, 0.25) is 11.8 Å². The maximum Gasteiger partial charge on any atom is 0.315 e. The summed E-state index contributed by atoms with van der Waals surface area (Å²) in [7, 11) is 0. The lowest BCUT2D eigenvalue weighted by Crippen LogP contribution is -2.11. The summed E-state index contributed by atoms with van der Waals surface area (Å²) in [6.07, 6.45) is 1.99. The van der Waals surface area contributed by atoms with E-state index in [4.69, 9.17) is 8.94 Å². The van der Waals surface area contributed by atoms with Gasteiger partial charge in [0, 0.05) is 13.0 Å². The second kappa shape index (κ2) is 5.94. The summed E-state index contributed by atoms with van der Waals surface area (Å²) in [6, 6.07) is 0.400. The van der Waals surface area contributed by atoms with Crippen molar-refractivity contribution in [1.82, 2.24) is 25.7 Å². The molecule has 8 heteroatoms. The standard InChI is InChI=1S/C9H14N6O2/c1-2-10-5-8-14-15-9(16-8)11-4-3-7-12-6-13-17-7/h6,10H,2-5H2,1H3,(H,11,15). The van der Waals surface area contributed by atoms with Crippen LogP contribution in [0.4, 0.5) is 6.01 Å². The van der Waals surface area contributed by atoms with Crippen molar-refractivity contribution in [1.29, 1.82) is 0 Å². The van der Waals surface area contributed by atoms with E-state index in [1.54, 1.807) is 0 Å². The Kier molecular flexibility index (Phi) is 4.03. The number of nitrogens with one attached hydrogen (secondary N) is 2. The van der Waals surface area contributed by atoms with E-state index in [2.05, 4.69) is 31.0 Å². The van der Waals surface area contributed by atoms with Crippen molar-refractivity contribution < 1.29 is 8.94 Å². The molecule has 0 radical (unpaired) electrons. The molecule has 0 aliphatic rings. The van der Waals surface area contributed by atoms with Gasteiger partial charge in [0.25, 0.3) is 0 Å². The highest BCUT2D eigenvalue weighted by Gasteiger charge is 2.05. The van der Waals surface area contributed by atoms with Crippen LogP contribution in [0.1, 0.15) is 18.7 Å². The zero-order valence-corrected chi connectivity index (χ0v) is 9.51. The zero-order chi connectivity index (χ0) is 11.9. The molecule has 0 aromatic carbocycles. The molecular formula is C9H14N6O2. The zero-order valence-electron chi connectivity index (χ0n) is 9.51. The molecule has 0 saturated heterocycles. The van der Waals surface area contributed by atoms with Gasteiger partial charge in [-0.15, -0.1) is 5.10 Å². The van der Waals surface area contributed by atoms with Gasteiger partial charge in [-0.1, -0.05) is 17.2 Å². The van der Waals surface area contributed by atoms with E-state index >= 15 is 0 Å². The molecule has 2 heterocycles. The first-order chi connectivity index (χ1) is 8.38. The average Bonchev–Trinajstić information content (AvgIpc) is 2.98. The summed E-state index contributed by atoms with van der Waals surface area (Å²) in [5.74, 6) is 1.14. The minimum Gasteiger partial charge on any atom is -0.407 e. The minimum absolute atomic E-state index is 0.400. The molecule has 0 unspecified atom stereocenters. The van der Waals surface area contributed by atoms with E-state index in [1.165, 1.54) is 6.33 Å². The van der Waals surface area contributed by atoms with Gasteiger partial charge < -0.3 is 19.6 Å². The molecule has 0 fully saturated rings. The van der Waals surface area contributed by atoms with Crippen LogP contribution >= 0.6 is 0 Å². The van der Waals surface area contributed by atoms with Crippen molar-refractivity contribution >= 4 is 6.01 Å². The normalized spacial score (nSPS) is 10.6.